The van der Waals surface area contributed by atoms with Crippen LogP contribution in [0.15, 0.2) is 91.1 Å². The van der Waals surface area contributed by atoms with E-state index in [0.29, 0.717) is 63.4 Å². The topological polar surface area (TPSA) is 189 Å². The third-order valence-corrected chi connectivity index (χ3v) is 14.3. The van der Waals surface area contributed by atoms with Crippen LogP contribution in [0.1, 0.15) is 92.0 Å². The van der Waals surface area contributed by atoms with Crippen molar-refractivity contribution in [1.29, 1.82) is 0 Å². The average molecular weight is 879 g/mol. The Morgan fingerprint density at radius 1 is 0.862 bits per heavy atom. The molecule has 0 radical (unpaired) electrons. The molecule has 15 nitrogen and oxygen atoms in total. The van der Waals surface area contributed by atoms with E-state index in [0.717, 1.165) is 81.6 Å². The molecule has 15 heteroatoms. The molecule has 2 aromatic heterocycles. The number of H-pyrrole nitrogens is 2. The Morgan fingerprint density at radius 2 is 1.57 bits per heavy atom. The molecule has 4 aromatic carbocycles. The zero-order valence-corrected chi connectivity index (χ0v) is 36.7. The van der Waals surface area contributed by atoms with E-state index < -0.39 is 35.1 Å². The number of carboxylic acid groups (broad SMARTS) is 1. The maximum atomic E-state index is 14.4. The first-order valence-corrected chi connectivity index (χ1v) is 22.8. The number of carbonyl (C=O) groups is 3. The number of hydroxylamine groups is 2. The number of rotatable bonds is 10. The van der Waals surface area contributed by atoms with Crippen molar-refractivity contribution in [3.63, 3.8) is 0 Å². The third kappa shape index (κ3) is 7.85. The van der Waals surface area contributed by atoms with Crippen molar-refractivity contribution in [1.82, 2.24) is 35.2 Å². The van der Waals surface area contributed by atoms with E-state index in [4.69, 9.17) is 19.4 Å². The van der Waals surface area contributed by atoms with Crippen molar-refractivity contribution in [2.75, 3.05) is 33.4 Å². The van der Waals surface area contributed by atoms with Crippen LogP contribution < -0.4 is 5.32 Å². The summed E-state index contributed by atoms with van der Waals surface area (Å²) < 4.78 is 8.97. The number of fused-ring (bicyclic) bond motifs is 4. The molecule has 3 saturated heterocycles. The fourth-order valence-electron chi connectivity index (χ4n) is 10.7. The lowest BCUT2D eigenvalue weighted by molar-refractivity contribution is -0.956. The molecule has 336 valence electrons. The number of carbonyl (C=O) groups excluding carboxylic acids is 2. The molecule has 0 spiro atoms. The molecule has 0 bridgehead atoms. The number of nitrogens with one attached hydrogen (secondary N) is 3. The number of methoxy groups -OCH3 is 1. The zero-order valence-electron chi connectivity index (χ0n) is 36.7. The maximum absolute atomic E-state index is 14.4. The Hall–Kier alpha value is -6.39. The normalized spacial score (nSPS) is 20.8. The van der Waals surface area contributed by atoms with Crippen molar-refractivity contribution in [3.8, 4) is 33.6 Å². The summed E-state index contributed by atoms with van der Waals surface area (Å²) in [5, 5.41) is 31.2. The van der Waals surface area contributed by atoms with Crippen LogP contribution in [0.5, 0.6) is 0 Å². The van der Waals surface area contributed by atoms with Gasteiger partial charge in [-0.05, 0) is 103 Å². The smallest absolute Gasteiger partial charge is 0.534 e. The molecule has 3 aliphatic heterocycles. The highest BCUT2D eigenvalue weighted by atomic mass is 16.7. The summed E-state index contributed by atoms with van der Waals surface area (Å²) >= 11 is 0. The number of hydrogen-bond acceptors (Lipinski definition) is 9. The Bertz CT molecular complexity index is 2750. The number of alkyl carbamates (subject to hydrolysis) is 1. The standard InChI is InChI=1S/C50H54N8O7/c1-30(31-20-24-65-25-21-31)58(63,50(61)62)57-23-7-11-43(57)46-51-29-41(53-46)38-15-14-34-26-33(12-13-35(34)28-38)36-16-18-39-37(27-36)17-19-40-45(39)54-47(52-40)42-10-6-22-56(42)48(59)44(55-49(60)64-2)32-8-4-3-5-9-32/h3-5,8-9,12-16,18,26-31,42-44H,6-7,10-11,17,19-25H2,1-2H3,(H,51,53)(H,52,54)(H,55,60)(H,61,62). The van der Waals surface area contributed by atoms with Gasteiger partial charge in [-0.2, -0.15) is 9.55 Å². The van der Waals surface area contributed by atoms with Crippen molar-refractivity contribution >= 4 is 28.9 Å². The van der Waals surface area contributed by atoms with Crippen LogP contribution >= 0.6 is 0 Å². The van der Waals surface area contributed by atoms with E-state index in [-0.39, 0.29) is 17.9 Å². The number of aromatic nitrogens is 4. The van der Waals surface area contributed by atoms with Gasteiger partial charge < -0.3 is 40.0 Å². The van der Waals surface area contributed by atoms with Gasteiger partial charge >= 0.3 is 12.2 Å². The van der Waals surface area contributed by atoms with Crippen molar-refractivity contribution in [2.45, 2.75) is 82.5 Å². The number of ether oxygens (including phenoxy) is 2. The van der Waals surface area contributed by atoms with Crippen molar-refractivity contribution in [2.24, 2.45) is 5.92 Å². The molecule has 5 unspecified atom stereocenters. The van der Waals surface area contributed by atoms with Gasteiger partial charge in [-0.3, -0.25) is 4.79 Å². The lowest BCUT2D eigenvalue weighted by atomic mass is 9.89. The fraction of sp³-hybridized carbons (Fsp3) is 0.380. The second kappa shape index (κ2) is 17.5. The summed E-state index contributed by atoms with van der Waals surface area (Å²) in [6, 6.07) is 26.4. The van der Waals surface area contributed by atoms with Crippen LogP contribution in [-0.4, -0.2) is 97.3 Å². The molecule has 3 fully saturated rings. The second-order valence-corrected chi connectivity index (χ2v) is 17.9. The van der Waals surface area contributed by atoms with Crippen LogP contribution in [0.3, 0.4) is 0 Å². The number of benzene rings is 4. The summed E-state index contributed by atoms with van der Waals surface area (Å²) in [5.74, 6) is 1.14. The molecular weight excluding hydrogens is 825 g/mol. The van der Waals surface area contributed by atoms with E-state index in [1.54, 1.807) is 18.1 Å². The van der Waals surface area contributed by atoms with Crippen molar-refractivity contribution in [3.05, 3.63) is 125 Å². The minimum Gasteiger partial charge on any atom is -0.601 e. The first-order valence-electron chi connectivity index (χ1n) is 22.8. The van der Waals surface area contributed by atoms with E-state index in [9.17, 15) is 24.7 Å². The van der Waals surface area contributed by atoms with Gasteiger partial charge in [0, 0.05) is 49.0 Å². The van der Waals surface area contributed by atoms with Gasteiger partial charge in [-0.15, -0.1) is 5.01 Å². The molecule has 0 saturated carbocycles. The summed E-state index contributed by atoms with van der Waals surface area (Å²) in [7, 11) is 1.29. The number of hydrogen-bond donors (Lipinski definition) is 4. The van der Waals surface area contributed by atoms with Crippen molar-refractivity contribution < 1.29 is 33.7 Å². The highest BCUT2D eigenvalue weighted by Gasteiger charge is 2.50. The molecule has 4 N–H and O–H groups in total. The molecule has 5 heterocycles. The van der Waals surface area contributed by atoms with E-state index in [1.807, 2.05) is 35.2 Å². The van der Waals surface area contributed by atoms with E-state index in [1.165, 1.54) is 12.7 Å². The minimum absolute atomic E-state index is 0.0370. The molecule has 3 amide bonds. The quantitative estimate of drug-likeness (QED) is 0.0764. The van der Waals surface area contributed by atoms with Crippen LogP contribution in [-0.2, 0) is 27.1 Å². The molecule has 5 atom stereocenters. The lowest BCUT2D eigenvalue weighted by Gasteiger charge is -2.50. The molecule has 1 aliphatic carbocycles. The molecule has 6 aromatic rings. The number of quaternary nitrogens is 1. The number of aromatic amines is 2. The number of nitrogens with zero attached hydrogens (tertiary/aromatic N) is 5. The van der Waals surface area contributed by atoms with Gasteiger partial charge in [0.1, 0.15) is 29.8 Å². The number of imidazole rings is 2. The van der Waals surface area contributed by atoms with E-state index in [2.05, 4.69) is 69.9 Å². The predicted octanol–water partition coefficient (Wildman–Crippen LogP) is 9.01. The molecule has 10 rings (SSSR count). The number of aryl methyl sites for hydroxylation is 2. The van der Waals surface area contributed by atoms with Gasteiger partial charge in [-0.1, -0.05) is 72.8 Å². The Kier molecular flexibility index (Phi) is 11.5. The van der Waals surface area contributed by atoms with Crippen LogP contribution in [0, 0.1) is 11.1 Å². The summed E-state index contributed by atoms with van der Waals surface area (Å²) in [5.41, 5.74) is 8.97. The SMILES string of the molecule is COC(=O)NC(C(=O)N1CCCC1c1nc2c([nH]1)CCc1cc(-c3ccc4cc(-c5cnc(C6CCCN6[N+]([O-])(C(=O)O)C(C)C6CCOCC6)[nH]5)ccc4c3)ccc1-2)c1ccccc1. The van der Waals surface area contributed by atoms with Gasteiger partial charge in [0.2, 0.25) is 0 Å². The summed E-state index contributed by atoms with van der Waals surface area (Å²) in [6.07, 6.45) is 5.69. The lowest BCUT2D eigenvalue weighted by Crippen LogP contribution is -2.65. The molecule has 4 aliphatic rings. The first-order chi connectivity index (χ1) is 31.6. The van der Waals surface area contributed by atoms with E-state index >= 15 is 0 Å². The van der Waals surface area contributed by atoms with Gasteiger partial charge in [0.15, 0.2) is 0 Å². The summed E-state index contributed by atoms with van der Waals surface area (Å²) in [6.45, 7) is 3.80. The first kappa shape index (κ1) is 42.6. The number of likely N-dealkylation sites (tertiary alicyclic amines) is 1. The third-order valence-electron chi connectivity index (χ3n) is 14.3. The summed E-state index contributed by atoms with van der Waals surface area (Å²) in [4.78, 5) is 57.9. The largest absolute Gasteiger partial charge is 0.601 e. The van der Waals surface area contributed by atoms with Gasteiger partial charge in [-0.25, -0.2) is 14.8 Å². The van der Waals surface area contributed by atoms with Gasteiger partial charge in [0.25, 0.3) is 5.91 Å². The van der Waals surface area contributed by atoms with Crippen LogP contribution in [0.2, 0.25) is 0 Å². The minimum atomic E-state index is -1.41. The second-order valence-electron chi connectivity index (χ2n) is 17.9. The Balaban J connectivity index is 0.854. The highest BCUT2D eigenvalue weighted by molar-refractivity contribution is 5.91. The van der Waals surface area contributed by atoms with Crippen LogP contribution in [0.4, 0.5) is 9.59 Å². The number of amides is 3. The monoisotopic (exact) mass is 878 g/mol. The zero-order chi connectivity index (χ0) is 44.8. The Morgan fingerprint density at radius 3 is 2.34 bits per heavy atom. The Labute approximate surface area is 376 Å². The maximum Gasteiger partial charge on any atom is 0.534 e. The van der Waals surface area contributed by atoms with Gasteiger partial charge in [0.05, 0.1) is 30.7 Å². The van der Waals surface area contributed by atoms with Crippen LogP contribution in [0.25, 0.3) is 44.4 Å². The predicted molar refractivity (Wildman–Crippen MR) is 244 cm³/mol. The average Bonchev–Trinajstić information content (AvgIpc) is 4.19. The molecule has 65 heavy (non-hydrogen) atoms. The molecular formula is C50H54N8O7. The fourth-order valence-corrected chi connectivity index (χ4v) is 10.7. The highest BCUT2D eigenvalue weighted by Crippen LogP contribution is 2.42.